The maximum atomic E-state index is 11.7. The lowest BCUT2D eigenvalue weighted by Crippen LogP contribution is -2.52. The van der Waals surface area contributed by atoms with E-state index in [1.165, 1.54) is 7.05 Å². The minimum Gasteiger partial charge on any atom is -0.305 e. The van der Waals surface area contributed by atoms with Crippen LogP contribution in [0.15, 0.2) is 0 Å². The molecule has 2 amide bonds. The molecule has 0 aromatic carbocycles. The Morgan fingerprint density at radius 3 is 2.65 bits per heavy atom. The topological polar surface area (TPSA) is 83.6 Å². The van der Waals surface area contributed by atoms with Crippen molar-refractivity contribution in [3.63, 3.8) is 0 Å². The van der Waals surface area contributed by atoms with Crippen LogP contribution in [-0.2, 0) is 19.4 Å². The molecule has 1 aliphatic rings. The Kier molecular flexibility index (Phi) is 4.64. The van der Waals surface area contributed by atoms with Crippen molar-refractivity contribution in [3.05, 3.63) is 0 Å². The van der Waals surface area contributed by atoms with E-state index in [1.54, 1.807) is 6.92 Å². The second-order valence-electron chi connectivity index (χ2n) is 4.07. The minimum atomic E-state index is -3.02. The molecule has 0 saturated carbocycles. The number of likely N-dealkylation sites (N-methyl/N-ethyl adjacent to an activating group) is 1. The second-order valence-corrected chi connectivity index (χ2v) is 6.55. The summed E-state index contributed by atoms with van der Waals surface area (Å²) in [5, 5.41) is 2.89. The molecule has 1 aliphatic heterocycles. The number of imide groups is 1. The average molecular weight is 262 g/mol. The van der Waals surface area contributed by atoms with E-state index < -0.39 is 15.9 Å². The van der Waals surface area contributed by atoms with Crippen LogP contribution in [0.3, 0.4) is 0 Å². The zero-order chi connectivity index (χ0) is 13.1. The fourth-order valence-electron chi connectivity index (χ4n) is 1.64. The summed E-state index contributed by atoms with van der Waals surface area (Å²) in [6, 6.07) is -0.440. The van der Waals surface area contributed by atoms with Gasteiger partial charge in [0.25, 0.3) is 0 Å². The van der Waals surface area contributed by atoms with E-state index in [0.717, 1.165) is 4.90 Å². The van der Waals surface area contributed by atoms with Crippen LogP contribution in [0.5, 0.6) is 0 Å². The molecular formula is C10H18N2O4S. The Hall–Kier alpha value is -0.950. The molecule has 0 aliphatic carbocycles. The van der Waals surface area contributed by atoms with Crippen molar-refractivity contribution >= 4 is 21.7 Å². The molecule has 1 unspecified atom stereocenters. The van der Waals surface area contributed by atoms with Gasteiger partial charge >= 0.3 is 0 Å². The Bertz CT molecular complexity index is 405. The fraction of sp³-hybridized carbons (Fsp3) is 0.800. The predicted octanol–water partition coefficient (Wildman–Crippen LogP) is -0.842. The predicted molar refractivity (Wildman–Crippen MR) is 63.1 cm³/mol. The lowest BCUT2D eigenvalue weighted by molar-refractivity contribution is -0.148. The van der Waals surface area contributed by atoms with Crippen LogP contribution in [0.25, 0.3) is 0 Å². The first-order chi connectivity index (χ1) is 7.87. The van der Waals surface area contributed by atoms with Crippen LogP contribution < -0.4 is 5.32 Å². The third kappa shape index (κ3) is 3.78. The molecule has 1 saturated heterocycles. The van der Waals surface area contributed by atoms with Gasteiger partial charge in [0.15, 0.2) is 9.84 Å². The number of piperidine rings is 1. The Balaban J connectivity index is 2.43. The Morgan fingerprint density at radius 2 is 2.06 bits per heavy atom. The van der Waals surface area contributed by atoms with Gasteiger partial charge in [0.05, 0.1) is 11.8 Å². The molecular weight excluding hydrogens is 244 g/mol. The average Bonchev–Trinajstić information content (AvgIpc) is 2.29. The van der Waals surface area contributed by atoms with Crippen molar-refractivity contribution in [3.8, 4) is 0 Å². The standard InChI is InChI=1S/C10H18N2O4S/c1-3-17(15,16)7-6-11-8-4-5-9(13)12(2)10(8)14/h8,11H,3-7H2,1-2H3. The lowest BCUT2D eigenvalue weighted by Gasteiger charge is -2.28. The monoisotopic (exact) mass is 262 g/mol. The number of carbonyl (C=O) groups excluding carboxylic acids is 2. The maximum Gasteiger partial charge on any atom is 0.246 e. The number of rotatable bonds is 5. The molecule has 17 heavy (non-hydrogen) atoms. The smallest absolute Gasteiger partial charge is 0.246 e. The molecule has 98 valence electrons. The van der Waals surface area contributed by atoms with Gasteiger partial charge in [-0.25, -0.2) is 8.42 Å². The number of sulfone groups is 1. The van der Waals surface area contributed by atoms with Crippen molar-refractivity contribution in [2.24, 2.45) is 0 Å². The zero-order valence-corrected chi connectivity index (χ0v) is 10.9. The highest BCUT2D eigenvalue weighted by molar-refractivity contribution is 7.91. The first kappa shape index (κ1) is 14.1. The van der Waals surface area contributed by atoms with Crippen LogP contribution in [0.2, 0.25) is 0 Å². The summed E-state index contributed by atoms with van der Waals surface area (Å²) in [7, 11) is -1.57. The van der Waals surface area contributed by atoms with Crippen molar-refractivity contribution in [2.75, 3.05) is 25.1 Å². The Morgan fingerprint density at radius 1 is 1.41 bits per heavy atom. The van der Waals surface area contributed by atoms with E-state index in [0.29, 0.717) is 12.8 Å². The van der Waals surface area contributed by atoms with Gasteiger partial charge in [-0.1, -0.05) is 6.92 Å². The van der Waals surface area contributed by atoms with E-state index in [2.05, 4.69) is 5.32 Å². The van der Waals surface area contributed by atoms with Crippen molar-refractivity contribution in [2.45, 2.75) is 25.8 Å². The quantitative estimate of drug-likeness (QED) is 0.653. The van der Waals surface area contributed by atoms with Gasteiger partial charge in [0, 0.05) is 25.8 Å². The third-order valence-electron chi connectivity index (χ3n) is 2.89. The fourth-order valence-corrected chi connectivity index (χ4v) is 2.36. The normalized spacial score (nSPS) is 22.0. The molecule has 6 nitrogen and oxygen atoms in total. The molecule has 1 rings (SSSR count). The summed E-state index contributed by atoms with van der Waals surface area (Å²) in [5.41, 5.74) is 0. The van der Waals surface area contributed by atoms with Gasteiger partial charge < -0.3 is 5.32 Å². The number of nitrogens with one attached hydrogen (secondary N) is 1. The SMILES string of the molecule is CCS(=O)(=O)CCNC1CCC(=O)N(C)C1=O. The van der Waals surface area contributed by atoms with Crippen LogP contribution in [0, 0.1) is 0 Å². The van der Waals surface area contributed by atoms with Crippen molar-refractivity contribution in [1.29, 1.82) is 0 Å². The van der Waals surface area contributed by atoms with Gasteiger partial charge in [-0.15, -0.1) is 0 Å². The van der Waals surface area contributed by atoms with Crippen LogP contribution in [-0.4, -0.2) is 56.3 Å². The third-order valence-corrected chi connectivity index (χ3v) is 4.60. The van der Waals surface area contributed by atoms with E-state index in [4.69, 9.17) is 0 Å². The molecule has 0 aromatic heterocycles. The highest BCUT2D eigenvalue weighted by atomic mass is 32.2. The largest absolute Gasteiger partial charge is 0.305 e. The first-order valence-electron chi connectivity index (χ1n) is 5.61. The van der Waals surface area contributed by atoms with E-state index >= 15 is 0 Å². The van der Waals surface area contributed by atoms with E-state index in [1.807, 2.05) is 0 Å². The number of amides is 2. The highest BCUT2D eigenvalue weighted by Crippen LogP contribution is 2.11. The zero-order valence-electron chi connectivity index (χ0n) is 10.1. The van der Waals surface area contributed by atoms with Crippen LogP contribution in [0.4, 0.5) is 0 Å². The molecule has 1 atom stereocenters. The van der Waals surface area contributed by atoms with Gasteiger partial charge in [0.1, 0.15) is 0 Å². The molecule has 1 N–H and O–H groups in total. The summed E-state index contributed by atoms with van der Waals surface area (Å²) in [5.74, 6) is -0.347. The summed E-state index contributed by atoms with van der Waals surface area (Å²) >= 11 is 0. The van der Waals surface area contributed by atoms with Crippen LogP contribution >= 0.6 is 0 Å². The number of carbonyl (C=O) groups is 2. The number of likely N-dealkylation sites (tertiary alicyclic amines) is 1. The minimum absolute atomic E-state index is 0.0188. The number of hydrogen-bond acceptors (Lipinski definition) is 5. The van der Waals surface area contributed by atoms with Gasteiger partial charge in [-0.05, 0) is 6.42 Å². The Labute approximate surface area is 101 Å². The lowest BCUT2D eigenvalue weighted by atomic mass is 10.1. The maximum absolute atomic E-state index is 11.7. The summed E-state index contributed by atoms with van der Waals surface area (Å²) in [6.07, 6.45) is 0.759. The molecule has 1 fully saturated rings. The van der Waals surface area contributed by atoms with E-state index in [-0.39, 0.29) is 29.9 Å². The van der Waals surface area contributed by atoms with Crippen LogP contribution in [0.1, 0.15) is 19.8 Å². The molecule has 0 aromatic rings. The van der Waals surface area contributed by atoms with Gasteiger partial charge in [-0.2, -0.15) is 0 Å². The summed E-state index contributed by atoms with van der Waals surface area (Å²) in [6.45, 7) is 1.84. The number of nitrogens with zero attached hydrogens (tertiary/aromatic N) is 1. The van der Waals surface area contributed by atoms with Crippen molar-refractivity contribution in [1.82, 2.24) is 10.2 Å². The first-order valence-corrected chi connectivity index (χ1v) is 7.43. The number of hydrogen-bond donors (Lipinski definition) is 1. The summed E-state index contributed by atoms with van der Waals surface area (Å²) in [4.78, 5) is 24.0. The highest BCUT2D eigenvalue weighted by Gasteiger charge is 2.31. The molecule has 0 spiro atoms. The molecule has 0 radical (unpaired) electrons. The second kappa shape index (κ2) is 5.59. The summed E-state index contributed by atoms with van der Waals surface area (Å²) < 4.78 is 22.5. The van der Waals surface area contributed by atoms with Gasteiger partial charge in [0.2, 0.25) is 11.8 Å². The van der Waals surface area contributed by atoms with E-state index in [9.17, 15) is 18.0 Å². The van der Waals surface area contributed by atoms with Crippen molar-refractivity contribution < 1.29 is 18.0 Å². The molecule has 0 bridgehead atoms. The molecule has 1 heterocycles. The van der Waals surface area contributed by atoms with Gasteiger partial charge in [-0.3, -0.25) is 14.5 Å². The molecule has 7 heteroatoms.